The highest BCUT2D eigenvalue weighted by atomic mass is 15.1. The fourth-order valence-corrected chi connectivity index (χ4v) is 2.68. The van der Waals surface area contributed by atoms with Gasteiger partial charge in [-0.15, -0.1) is 0 Å². The Morgan fingerprint density at radius 1 is 1.41 bits per heavy atom. The molecule has 0 radical (unpaired) electrons. The van der Waals surface area contributed by atoms with Gasteiger partial charge in [-0.1, -0.05) is 0 Å². The first-order valence-corrected chi connectivity index (χ1v) is 6.28. The number of fused-ring (bicyclic) bond motifs is 1. The number of rotatable bonds is 1. The summed E-state index contributed by atoms with van der Waals surface area (Å²) in [5.74, 6) is 2.72. The molecular formula is C13H18N4. The van der Waals surface area contributed by atoms with Crippen molar-refractivity contribution in [2.24, 2.45) is 0 Å². The van der Waals surface area contributed by atoms with Crippen molar-refractivity contribution in [1.29, 1.82) is 0 Å². The molecule has 0 aliphatic carbocycles. The van der Waals surface area contributed by atoms with Gasteiger partial charge in [-0.3, -0.25) is 4.40 Å². The molecule has 0 aromatic carbocycles. The fourth-order valence-electron chi connectivity index (χ4n) is 2.68. The summed E-state index contributed by atoms with van der Waals surface area (Å²) < 4.78 is 2.20. The SMILES string of the molecule is Cc1cc2cnc(C)n2c([C@@H]2CCCNC2)n1. The van der Waals surface area contributed by atoms with E-state index in [0.29, 0.717) is 5.92 Å². The third-order valence-electron chi connectivity index (χ3n) is 3.50. The molecule has 3 heterocycles. The molecule has 0 saturated carbocycles. The summed E-state index contributed by atoms with van der Waals surface area (Å²) in [7, 11) is 0. The summed E-state index contributed by atoms with van der Waals surface area (Å²) in [6.07, 6.45) is 4.38. The van der Waals surface area contributed by atoms with Crippen LogP contribution in [0.5, 0.6) is 0 Å². The molecule has 90 valence electrons. The molecule has 1 aliphatic rings. The second-order valence-corrected chi connectivity index (χ2v) is 4.86. The van der Waals surface area contributed by atoms with Crippen molar-refractivity contribution in [2.75, 3.05) is 13.1 Å². The van der Waals surface area contributed by atoms with Gasteiger partial charge in [-0.25, -0.2) is 9.97 Å². The Hall–Kier alpha value is -1.42. The molecule has 1 saturated heterocycles. The summed E-state index contributed by atoms with van der Waals surface area (Å²) in [4.78, 5) is 9.14. The van der Waals surface area contributed by atoms with Crippen LogP contribution >= 0.6 is 0 Å². The van der Waals surface area contributed by atoms with Gasteiger partial charge < -0.3 is 5.32 Å². The van der Waals surface area contributed by atoms with Gasteiger partial charge in [-0.05, 0) is 39.3 Å². The average molecular weight is 230 g/mol. The largest absolute Gasteiger partial charge is 0.316 e. The molecule has 2 aromatic heterocycles. The fraction of sp³-hybridized carbons (Fsp3) is 0.538. The topological polar surface area (TPSA) is 42.2 Å². The zero-order valence-electron chi connectivity index (χ0n) is 10.4. The lowest BCUT2D eigenvalue weighted by Gasteiger charge is -2.23. The molecule has 17 heavy (non-hydrogen) atoms. The lowest BCUT2D eigenvalue weighted by molar-refractivity contribution is 0.442. The number of aromatic nitrogens is 3. The Morgan fingerprint density at radius 2 is 2.29 bits per heavy atom. The number of imidazole rings is 1. The van der Waals surface area contributed by atoms with E-state index in [1.165, 1.54) is 18.7 Å². The van der Waals surface area contributed by atoms with E-state index in [0.717, 1.165) is 30.1 Å². The monoisotopic (exact) mass is 230 g/mol. The number of nitrogens with zero attached hydrogens (tertiary/aromatic N) is 3. The third kappa shape index (κ3) is 1.82. The number of hydrogen-bond donors (Lipinski definition) is 1. The quantitative estimate of drug-likeness (QED) is 0.812. The van der Waals surface area contributed by atoms with Gasteiger partial charge >= 0.3 is 0 Å². The van der Waals surface area contributed by atoms with Gasteiger partial charge in [0.15, 0.2) is 0 Å². The van der Waals surface area contributed by atoms with Crippen LogP contribution in [-0.2, 0) is 0 Å². The molecule has 0 bridgehead atoms. The van der Waals surface area contributed by atoms with Crippen molar-refractivity contribution >= 4 is 5.52 Å². The van der Waals surface area contributed by atoms with Crippen molar-refractivity contribution in [3.63, 3.8) is 0 Å². The van der Waals surface area contributed by atoms with Crippen molar-refractivity contribution in [2.45, 2.75) is 32.6 Å². The van der Waals surface area contributed by atoms with E-state index in [1.807, 2.05) is 13.1 Å². The van der Waals surface area contributed by atoms with E-state index in [2.05, 4.69) is 27.7 Å². The van der Waals surface area contributed by atoms with E-state index in [-0.39, 0.29) is 0 Å². The summed E-state index contributed by atoms with van der Waals surface area (Å²) in [5, 5.41) is 3.46. The van der Waals surface area contributed by atoms with Crippen LogP contribution in [0.4, 0.5) is 0 Å². The first-order valence-electron chi connectivity index (χ1n) is 6.28. The lowest BCUT2D eigenvalue weighted by Crippen LogP contribution is -2.30. The first kappa shape index (κ1) is 10.7. The van der Waals surface area contributed by atoms with Gasteiger partial charge in [0.1, 0.15) is 11.6 Å². The Balaban J connectivity index is 2.15. The second-order valence-electron chi connectivity index (χ2n) is 4.86. The highest BCUT2D eigenvalue weighted by Gasteiger charge is 2.20. The van der Waals surface area contributed by atoms with Gasteiger partial charge in [0, 0.05) is 18.2 Å². The smallest absolute Gasteiger partial charge is 0.119 e. The lowest BCUT2D eigenvalue weighted by atomic mass is 9.98. The maximum atomic E-state index is 4.74. The molecule has 1 N–H and O–H groups in total. The van der Waals surface area contributed by atoms with E-state index >= 15 is 0 Å². The molecular weight excluding hydrogens is 212 g/mol. The minimum Gasteiger partial charge on any atom is -0.316 e. The van der Waals surface area contributed by atoms with Crippen molar-refractivity contribution in [3.8, 4) is 0 Å². The van der Waals surface area contributed by atoms with Crippen LogP contribution in [-0.4, -0.2) is 27.5 Å². The molecule has 1 fully saturated rings. The van der Waals surface area contributed by atoms with E-state index in [1.54, 1.807) is 0 Å². The molecule has 2 aromatic rings. The van der Waals surface area contributed by atoms with Crippen LogP contribution in [0.3, 0.4) is 0 Å². The Kier molecular flexibility index (Phi) is 2.59. The maximum absolute atomic E-state index is 4.74. The zero-order chi connectivity index (χ0) is 11.8. The molecule has 0 unspecified atom stereocenters. The minimum atomic E-state index is 0.513. The van der Waals surface area contributed by atoms with Crippen LogP contribution < -0.4 is 5.32 Å². The molecule has 1 atom stereocenters. The Bertz CT molecular complexity index is 538. The van der Waals surface area contributed by atoms with E-state index < -0.39 is 0 Å². The van der Waals surface area contributed by atoms with Crippen LogP contribution in [0.25, 0.3) is 5.52 Å². The number of aryl methyl sites for hydroxylation is 2. The molecule has 4 heteroatoms. The van der Waals surface area contributed by atoms with Gasteiger partial charge in [0.2, 0.25) is 0 Å². The van der Waals surface area contributed by atoms with Crippen LogP contribution in [0, 0.1) is 13.8 Å². The zero-order valence-corrected chi connectivity index (χ0v) is 10.4. The van der Waals surface area contributed by atoms with Crippen molar-refractivity contribution in [3.05, 3.63) is 29.6 Å². The van der Waals surface area contributed by atoms with Gasteiger partial charge in [-0.2, -0.15) is 0 Å². The van der Waals surface area contributed by atoms with Gasteiger partial charge in [0.05, 0.1) is 11.7 Å². The summed E-state index contributed by atoms with van der Waals surface area (Å²) in [6, 6.07) is 2.10. The standard InChI is InChI=1S/C13H18N4/c1-9-6-12-8-15-10(2)17(12)13(16-9)11-4-3-5-14-7-11/h6,8,11,14H,3-5,7H2,1-2H3/t11-/m1/s1. The molecule has 4 nitrogen and oxygen atoms in total. The number of hydrogen-bond acceptors (Lipinski definition) is 3. The highest BCUT2D eigenvalue weighted by Crippen LogP contribution is 2.24. The predicted molar refractivity (Wildman–Crippen MR) is 67.3 cm³/mol. The Labute approximate surface area is 101 Å². The second kappa shape index (κ2) is 4.11. The maximum Gasteiger partial charge on any atom is 0.119 e. The Morgan fingerprint density at radius 3 is 3.06 bits per heavy atom. The molecule has 0 amide bonds. The predicted octanol–water partition coefficient (Wildman–Crippen LogP) is 1.81. The normalized spacial score (nSPS) is 20.9. The van der Waals surface area contributed by atoms with E-state index in [4.69, 9.17) is 4.98 Å². The van der Waals surface area contributed by atoms with Crippen molar-refractivity contribution < 1.29 is 0 Å². The van der Waals surface area contributed by atoms with Gasteiger partial charge in [0.25, 0.3) is 0 Å². The highest BCUT2D eigenvalue weighted by molar-refractivity contribution is 5.48. The van der Waals surface area contributed by atoms with Crippen molar-refractivity contribution in [1.82, 2.24) is 19.7 Å². The van der Waals surface area contributed by atoms with Crippen LogP contribution in [0.2, 0.25) is 0 Å². The van der Waals surface area contributed by atoms with Crippen LogP contribution in [0.15, 0.2) is 12.3 Å². The third-order valence-corrected chi connectivity index (χ3v) is 3.50. The molecule has 0 spiro atoms. The number of nitrogens with one attached hydrogen (secondary N) is 1. The molecule has 3 rings (SSSR count). The summed E-state index contributed by atoms with van der Waals surface area (Å²) in [5.41, 5.74) is 2.24. The summed E-state index contributed by atoms with van der Waals surface area (Å²) >= 11 is 0. The van der Waals surface area contributed by atoms with E-state index in [9.17, 15) is 0 Å². The first-order chi connectivity index (χ1) is 8.25. The average Bonchev–Trinajstić information content (AvgIpc) is 2.71. The molecule has 1 aliphatic heterocycles. The van der Waals surface area contributed by atoms with Crippen LogP contribution in [0.1, 0.15) is 36.1 Å². The minimum absolute atomic E-state index is 0.513. The number of piperidine rings is 1. The summed E-state index contributed by atoms with van der Waals surface area (Å²) in [6.45, 7) is 6.27.